The molecule has 0 spiro atoms. The average Bonchev–Trinajstić information content (AvgIpc) is 2.73. The predicted octanol–water partition coefficient (Wildman–Crippen LogP) is 3.02. The molecule has 0 atom stereocenters. The van der Waals surface area contributed by atoms with Crippen molar-refractivity contribution in [2.24, 2.45) is 0 Å². The molecule has 0 aliphatic carbocycles. The lowest BCUT2D eigenvalue weighted by Crippen LogP contribution is -2.31. The lowest BCUT2D eigenvalue weighted by molar-refractivity contribution is -0.383. The molecule has 0 unspecified atom stereocenters. The number of carbonyl (C=O) groups is 2. The highest BCUT2D eigenvalue weighted by Crippen LogP contribution is 2.30. The smallest absolute Gasteiger partial charge is 0.334 e. The number of nitrogens with one attached hydrogen (secondary N) is 3. The minimum atomic E-state index is -0.664. The third kappa shape index (κ3) is 5.13. The molecule has 0 saturated carbocycles. The van der Waals surface area contributed by atoms with E-state index >= 15 is 0 Å². The SMILES string of the molecule is CC(=O)c1cccc(Nc2ncnc(NNC(=O)Cc3ccccc3)c2[N+](=O)[O-])c1. The first-order chi connectivity index (χ1) is 14.4. The van der Waals surface area contributed by atoms with E-state index in [1.807, 2.05) is 18.2 Å². The van der Waals surface area contributed by atoms with Crippen LogP contribution in [0.3, 0.4) is 0 Å². The van der Waals surface area contributed by atoms with Crippen molar-refractivity contribution >= 4 is 34.7 Å². The minimum Gasteiger partial charge on any atom is -0.334 e. The number of hydrazine groups is 1. The van der Waals surface area contributed by atoms with Crippen LogP contribution in [0.1, 0.15) is 22.8 Å². The first-order valence-electron chi connectivity index (χ1n) is 8.90. The molecule has 3 N–H and O–H groups in total. The lowest BCUT2D eigenvalue weighted by atomic mass is 10.1. The van der Waals surface area contributed by atoms with Crippen LogP contribution in [0.15, 0.2) is 60.9 Å². The fraction of sp³-hybridized carbons (Fsp3) is 0.100. The van der Waals surface area contributed by atoms with Crippen molar-refractivity contribution < 1.29 is 14.5 Å². The van der Waals surface area contributed by atoms with Crippen molar-refractivity contribution in [2.75, 3.05) is 10.7 Å². The monoisotopic (exact) mass is 406 g/mol. The summed E-state index contributed by atoms with van der Waals surface area (Å²) in [5.74, 6) is -0.797. The largest absolute Gasteiger partial charge is 0.355 e. The van der Waals surface area contributed by atoms with E-state index in [1.165, 1.54) is 6.92 Å². The topological polar surface area (TPSA) is 139 Å². The maximum atomic E-state index is 12.1. The van der Waals surface area contributed by atoms with Crippen LogP contribution < -0.4 is 16.2 Å². The number of amides is 1. The zero-order chi connectivity index (χ0) is 21.5. The van der Waals surface area contributed by atoms with Crippen LogP contribution >= 0.6 is 0 Å². The molecule has 10 nitrogen and oxygen atoms in total. The quantitative estimate of drug-likeness (QED) is 0.295. The standard InChI is InChI=1S/C20H18N6O4/c1-13(27)15-8-5-9-16(11-15)23-19-18(26(29)30)20(22-12-21-19)25-24-17(28)10-14-6-3-2-4-7-14/h2-9,11-12H,10H2,1H3,(H,24,28)(H2,21,22,23,25). The molecule has 1 heterocycles. The Balaban J connectivity index is 1.77. The molecule has 0 radical (unpaired) electrons. The molecule has 152 valence electrons. The number of nitro groups is 1. The highest BCUT2D eigenvalue weighted by molar-refractivity contribution is 5.95. The van der Waals surface area contributed by atoms with E-state index < -0.39 is 16.5 Å². The normalized spacial score (nSPS) is 10.2. The molecule has 3 aromatic rings. The van der Waals surface area contributed by atoms with Gasteiger partial charge in [-0.25, -0.2) is 9.97 Å². The third-order valence-electron chi connectivity index (χ3n) is 4.06. The Morgan fingerprint density at radius 1 is 1.03 bits per heavy atom. The zero-order valence-corrected chi connectivity index (χ0v) is 16.0. The first kappa shape index (κ1) is 20.4. The molecule has 30 heavy (non-hydrogen) atoms. The number of hydrogen-bond donors (Lipinski definition) is 3. The molecule has 0 aliphatic heterocycles. The Kier molecular flexibility index (Phi) is 6.28. The summed E-state index contributed by atoms with van der Waals surface area (Å²) in [4.78, 5) is 42.4. The van der Waals surface area contributed by atoms with Crippen LogP contribution in [0.4, 0.5) is 23.0 Å². The highest BCUT2D eigenvalue weighted by Gasteiger charge is 2.23. The molecule has 1 amide bonds. The summed E-state index contributed by atoms with van der Waals surface area (Å²) >= 11 is 0. The second-order valence-electron chi connectivity index (χ2n) is 6.27. The van der Waals surface area contributed by atoms with Gasteiger partial charge in [0.2, 0.25) is 17.5 Å². The van der Waals surface area contributed by atoms with Gasteiger partial charge in [-0.05, 0) is 24.6 Å². The lowest BCUT2D eigenvalue weighted by Gasteiger charge is -2.11. The molecular weight excluding hydrogens is 388 g/mol. The molecule has 0 aliphatic rings. The van der Waals surface area contributed by atoms with Crippen molar-refractivity contribution in [1.82, 2.24) is 15.4 Å². The third-order valence-corrected chi connectivity index (χ3v) is 4.06. The van der Waals surface area contributed by atoms with Gasteiger partial charge in [0.25, 0.3) is 0 Å². The van der Waals surface area contributed by atoms with Crippen LogP contribution in [-0.2, 0) is 11.2 Å². The van der Waals surface area contributed by atoms with Gasteiger partial charge in [-0.1, -0.05) is 42.5 Å². The van der Waals surface area contributed by atoms with Gasteiger partial charge in [0.05, 0.1) is 11.3 Å². The van der Waals surface area contributed by atoms with Crippen molar-refractivity contribution in [2.45, 2.75) is 13.3 Å². The van der Waals surface area contributed by atoms with Gasteiger partial charge in [0, 0.05) is 11.3 Å². The predicted molar refractivity (Wildman–Crippen MR) is 110 cm³/mol. The molecule has 0 fully saturated rings. The number of hydrogen-bond acceptors (Lipinski definition) is 8. The number of anilines is 3. The van der Waals surface area contributed by atoms with Gasteiger partial charge in [-0.15, -0.1) is 0 Å². The fourth-order valence-electron chi connectivity index (χ4n) is 2.64. The van der Waals surface area contributed by atoms with Gasteiger partial charge in [-0.3, -0.25) is 30.6 Å². The number of ketones is 1. The fourth-order valence-corrected chi connectivity index (χ4v) is 2.64. The molecule has 0 bridgehead atoms. The molecule has 0 saturated heterocycles. The maximum absolute atomic E-state index is 12.1. The maximum Gasteiger partial charge on any atom is 0.355 e. The van der Waals surface area contributed by atoms with E-state index in [9.17, 15) is 19.7 Å². The average molecular weight is 406 g/mol. The van der Waals surface area contributed by atoms with E-state index in [-0.39, 0.29) is 23.8 Å². The van der Waals surface area contributed by atoms with E-state index in [2.05, 4.69) is 26.1 Å². The summed E-state index contributed by atoms with van der Waals surface area (Å²) in [6.45, 7) is 1.42. The van der Waals surface area contributed by atoms with Crippen LogP contribution in [0, 0.1) is 10.1 Å². The summed E-state index contributed by atoms with van der Waals surface area (Å²) in [5.41, 5.74) is 6.12. The summed E-state index contributed by atoms with van der Waals surface area (Å²) in [5, 5.41) is 14.4. The second-order valence-corrected chi connectivity index (χ2v) is 6.27. The van der Waals surface area contributed by atoms with Gasteiger partial charge in [0.1, 0.15) is 6.33 Å². The van der Waals surface area contributed by atoms with Gasteiger partial charge in [0.15, 0.2) is 5.78 Å². The van der Waals surface area contributed by atoms with Crippen molar-refractivity contribution in [3.05, 3.63) is 82.2 Å². The van der Waals surface area contributed by atoms with Crippen LogP contribution in [0.5, 0.6) is 0 Å². The molecular formula is C20H18N6O4. The Morgan fingerprint density at radius 2 is 1.77 bits per heavy atom. The van der Waals surface area contributed by atoms with E-state index in [1.54, 1.807) is 36.4 Å². The Hall–Kier alpha value is -4.34. The van der Waals surface area contributed by atoms with Crippen molar-refractivity contribution in [1.29, 1.82) is 0 Å². The number of nitrogens with zero attached hydrogens (tertiary/aromatic N) is 3. The summed E-state index contributed by atoms with van der Waals surface area (Å²) in [6.07, 6.45) is 1.21. The van der Waals surface area contributed by atoms with E-state index in [0.717, 1.165) is 11.9 Å². The van der Waals surface area contributed by atoms with E-state index in [4.69, 9.17) is 0 Å². The summed E-state index contributed by atoms with van der Waals surface area (Å²) in [6, 6.07) is 15.5. The van der Waals surface area contributed by atoms with Crippen LogP contribution in [0.25, 0.3) is 0 Å². The van der Waals surface area contributed by atoms with E-state index in [0.29, 0.717) is 11.3 Å². The molecule has 2 aromatic carbocycles. The number of rotatable bonds is 8. The van der Waals surface area contributed by atoms with Crippen LogP contribution in [-0.4, -0.2) is 26.6 Å². The summed E-state index contributed by atoms with van der Waals surface area (Å²) < 4.78 is 0. The second kappa shape index (κ2) is 9.24. The summed E-state index contributed by atoms with van der Waals surface area (Å²) in [7, 11) is 0. The molecule has 10 heteroatoms. The highest BCUT2D eigenvalue weighted by atomic mass is 16.6. The van der Waals surface area contributed by atoms with Crippen molar-refractivity contribution in [3.8, 4) is 0 Å². The first-order valence-corrected chi connectivity index (χ1v) is 8.90. The van der Waals surface area contributed by atoms with Gasteiger partial charge >= 0.3 is 5.69 Å². The Morgan fingerprint density at radius 3 is 2.47 bits per heavy atom. The van der Waals surface area contributed by atoms with Crippen LogP contribution in [0.2, 0.25) is 0 Å². The zero-order valence-electron chi connectivity index (χ0n) is 16.0. The molecule has 3 rings (SSSR count). The number of benzene rings is 2. The number of aromatic nitrogens is 2. The number of Topliss-reactive ketones (excluding diaryl/α,β-unsaturated/α-hetero) is 1. The minimum absolute atomic E-state index is 0.0875. The number of carbonyl (C=O) groups excluding carboxylic acids is 2. The Bertz CT molecular complexity index is 1090. The molecule has 1 aromatic heterocycles. The van der Waals surface area contributed by atoms with Crippen molar-refractivity contribution in [3.63, 3.8) is 0 Å². The van der Waals surface area contributed by atoms with Gasteiger partial charge in [-0.2, -0.15) is 0 Å². The Labute approximate surface area is 171 Å². The van der Waals surface area contributed by atoms with Gasteiger partial charge < -0.3 is 5.32 Å².